The molecule has 0 saturated heterocycles. The fraction of sp³-hybridized carbons (Fsp3) is 0.556. The Bertz CT molecular complexity index is 261. The molecule has 0 spiro atoms. The quantitative estimate of drug-likeness (QED) is 0.712. The summed E-state index contributed by atoms with van der Waals surface area (Å²) in [4.78, 5) is 7.68. The molecule has 0 aromatic carbocycles. The molecule has 0 aliphatic rings. The van der Waals surface area contributed by atoms with Crippen molar-refractivity contribution in [3.8, 4) is 0 Å². The molecule has 0 saturated carbocycles. The average molecular weight is 181 g/mol. The third kappa shape index (κ3) is 2.23. The van der Waals surface area contributed by atoms with Gasteiger partial charge in [0.2, 0.25) is 0 Å². The van der Waals surface area contributed by atoms with Gasteiger partial charge in [-0.3, -0.25) is 0 Å². The molecule has 13 heavy (non-hydrogen) atoms. The Labute approximate surface area is 77.8 Å². The van der Waals surface area contributed by atoms with E-state index < -0.39 is 6.10 Å². The van der Waals surface area contributed by atoms with Gasteiger partial charge in [-0.1, -0.05) is 13.8 Å². The van der Waals surface area contributed by atoms with Crippen molar-refractivity contribution < 1.29 is 5.11 Å². The van der Waals surface area contributed by atoms with Crippen molar-refractivity contribution in [1.82, 2.24) is 9.97 Å². The molecule has 1 unspecified atom stereocenters. The van der Waals surface area contributed by atoms with Crippen LogP contribution in [0.4, 0.5) is 0 Å². The summed E-state index contributed by atoms with van der Waals surface area (Å²) in [6.07, 6.45) is 4.04. The van der Waals surface area contributed by atoms with Crippen molar-refractivity contribution in [2.45, 2.75) is 20.0 Å². The standard InChI is InChI=1S/C9H15N3O/c1-9(2,5-10)8(13)7-3-11-6-12-4-7/h3-4,6,8,13H,5,10H2,1-2H3. The average Bonchev–Trinajstić information content (AvgIpc) is 2.18. The van der Waals surface area contributed by atoms with Gasteiger partial charge in [-0.2, -0.15) is 0 Å². The zero-order valence-corrected chi connectivity index (χ0v) is 7.94. The van der Waals surface area contributed by atoms with Crippen molar-refractivity contribution in [2.75, 3.05) is 6.54 Å². The van der Waals surface area contributed by atoms with Crippen LogP contribution in [0, 0.1) is 5.41 Å². The van der Waals surface area contributed by atoms with E-state index in [0.717, 1.165) is 0 Å². The van der Waals surface area contributed by atoms with Gasteiger partial charge >= 0.3 is 0 Å². The number of hydrogen-bond donors (Lipinski definition) is 2. The molecule has 1 atom stereocenters. The topological polar surface area (TPSA) is 72.0 Å². The van der Waals surface area contributed by atoms with Crippen LogP contribution in [0.1, 0.15) is 25.5 Å². The van der Waals surface area contributed by atoms with Crippen LogP contribution >= 0.6 is 0 Å². The highest BCUT2D eigenvalue weighted by Gasteiger charge is 2.27. The van der Waals surface area contributed by atoms with E-state index in [1.165, 1.54) is 6.33 Å². The zero-order chi connectivity index (χ0) is 9.90. The molecule has 0 aliphatic carbocycles. The summed E-state index contributed by atoms with van der Waals surface area (Å²) in [6.45, 7) is 4.23. The van der Waals surface area contributed by atoms with E-state index in [9.17, 15) is 5.11 Å². The molecule has 1 heterocycles. The molecule has 0 fully saturated rings. The number of aliphatic hydroxyl groups is 1. The summed E-state index contributed by atoms with van der Waals surface area (Å²) < 4.78 is 0. The molecule has 0 radical (unpaired) electrons. The van der Waals surface area contributed by atoms with Crippen molar-refractivity contribution in [3.63, 3.8) is 0 Å². The predicted molar refractivity (Wildman–Crippen MR) is 49.8 cm³/mol. The third-order valence-electron chi connectivity index (χ3n) is 2.16. The molecule has 1 aromatic rings. The van der Waals surface area contributed by atoms with E-state index in [0.29, 0.717) is 12.1 Å². The highest BCUT2D eigenvalue weighted by atomic mass is 16.3. The van der Waals surface area contributed by atoms with E-state index in [1.54, 1.807) is 12.4 Å². The van der Waals surface area contributed by atoms with Gasteiger partial charge in [0.05, 0.1) is 6.10 Å². The summed E-state index contributed by atoms with van der Waals surface area (Å²) in [5.74, 6) is 0. The van der Waals surface area contributed by atoms with Crippen LogP contribution in [0.25, 0.3) is 0 Å². The smallest absolute Gasteiger partial charge is 0.115 e. The van der Waals surface area contributed by atoms with E-state index in [4.69, 9.17) is 5.73 Å². The molecule has 0 aliphatic heterocycles. The van der Waals surface area contributed by atoms with Gasteiger partial charge in [0, 0.05) is 29.9 Å². The summed E-state index contributed by atoms with van der Waals surface area (Å²) in [6, 6.07) is 0. The van der Waals surface area contributed by atoms with Gasteiger partial charge in [-0.15, -0.1) is 0 Å². The Morgan fingerprint density at radius 1 is 1.46 bits per heavy atom. The molecule has 1 rings (SSSR count). The van der Waals surface area contributed by atoms with Crippen molar-refractivity contribution in [1.29, 1.82) is 0 Å². The van der Waals surface area contributed by atoms with E-state index in [2.05, 4.69) is 9.97 Å². The van der Waals surface area contributed by atoms with Crippen LogP contribution in [0.3, 0.4) is 0 Å². The summed E-state index contributed by atoms with van der Waals surface area (Å²) in [7, 11) is 0. The van der Waals surface area contributed by atoms with Crippen molar-refractivity contribution in [3.05, 3.63) is 24.3 Å². The minimum Gasteiger partial charge on any atom is -0.388 e. The Morgan fingerprint density at radius 2 is 2.00 bits per heavy atom. The zero-order valence-electron chi connectivity index (χ0n) is 7.94. The van der Waals surface area contributed by atoms with Crippen LogP contribution in [-0.4, -0.2) is 21.6 Å². The lowest BCUT2D eigenvalue weighted by Gasteiger charge is -2.28. The Morgan fingerprint density at radius 3 is 2.46 bits per heavy atom. The van der Waals surface area contributed by atoms with Gasteiger partial charge in [0.25, 0.3) is 0 Å². The van der Waals surface area contributed by atoms with Gasteiger partial charge in [0.15, 0.2) is 0 Å². The first-order chi connectivity index (χ1) is 6.08. The molecule has 0 amide bonds. The first-order valence-electron chi connectivity index (χ1n) is 4.21. The maximum Gasteiger partial charge on any atom is 0.115 e. The van der Waals surface area contributed by atoms with Gasteiger partial charge < -0.3 is 10.8 Å². The minimum absolute atomic E-state index is 0.343. The lowest BCUT2D eigenvalue weighted by atomic mass is 9.84. The lowest BCUT2D eigenvalue weighted by Crippen LogP contribution is -2.30. The van der Waals surface area contributed by atoms with Crippen molar-refractivity contribution >= 4 is 0 Å². The fourth-order valence-electron chi connectivity index (χ4n) is 1.01. The normalized spacial score (nSPS) is 14.2. The molecule has 72 valence electrons. The molecular formula is C9H15N3O. The van der Waals surface area contributed by atoms with E-state index in [-0.39, 0.29) is 5.41 Å². The minimum atomic E-state index is -0.612. The van der Waals surface area contributed by atoms with Crippen LogP contribution < -0.4 is 5.73 Å². The third-order valence-corrected chi connectivity index (χ3v) is 2.16. The fourth-order valence-corrected chi connectivity index (χ4v) is 1.01. The van der Waals surface area contributed by atoms with E-state index >= 15 is 0 Å². The number of hydrogen-bond acceptors (Lipinski definition) is 4. The second kappa shape index (κ2) is 3.81. The largest absolute Gasteiger partial charge is 0.388 e. The summed E-state index contributed by atoms with van der Waals surface area (Å²) in [5.41, 5.74) is 5.91. The Kier molecular flexibility index (Phi) is 2.95. The molecule has 1 aromatic heterocycles. The number of nitrogens with two attached hydrogens (primary N) is 1. The van der Waals surface area contributed by atoms with Crippen LogP contribution in [0.15, 0.2) is 18.7 Å². The molecule has 0 bridgehead atoms. The highest BCUT2D eigenvalue weighted by molar-refractivity contribution is 5.10. The van der Waals surface area contributed by atoms with Crippen LogP contribution in [0.2, 0.25) is 0 Å². The highest BCUT2D eigenvalue weighted by Crippen LogP contribution is 2.30. The molecular weight excluding hydrogens is 166 g/mol. The first kappa shape index (κ1) is 10.1. The summed E-state index contributed by atoms with van der Waals surface area (Å²) in [5, 5.41) is 9.89. The maximum absolute atomic E-state index is 9.89. The van der Waals surface area contributed by atoms with Crippen LogP contribution in [-0.2, 0) is 0 Å². The van der Waals surface area contributed by atoms with Gasteiger partial charge in [-0.05, 0) is 0 Å². The molecule has 4 heteroatoms. The predicted octanol–water partition coefficient (Wildman–Crippen LogP) is 0.495. The number of rotatable bonds is 3. The lowest BCUT2D eigenvalue weighted by molar-refractivity contribution is 0.0549. The van der Waals surface area contributed by atoms with E-state index in [1.807, 2.05) is 13.8 Å². The Hall–Kier alpha value is -1.00. The summed E-state index contributed by atoms with van der Waals surface area (Å²) >= 11 is 0. The second-order valence-electron chi connectivity index (χ2n) is 3.77. The van der Waals surface area contributed by atoms with Gasteiger partial charge in [-0.25, -0.2) is 9.97 Å². The number of nitrogens with zero attached hydrogens (tertiary/aromatic N) is 2. The molecule has 3 N–H and O–H groups in total. The monoisotopic (exact) mass is 181 g/mol. The van der Waals surface area contributed by atoms with Crippen LogP contribution in [0.5, 0.6) is 0 Å². The van der Waals surface area contributed by atoms with Gasteiger partial charge in [0.1, 0.15) is 6.33 Å². The molecule has 4 nitrogen and oxygen atoms in total. The second-order valence-corrected chi connectivity index (χ2v) is 3.77. The first-order valence-corrected chi connectivity index (χ1v) is 4.21. The SMILES string of the molecule is CC(C)(CN)C(O)c1cncnc1. The Balaban J connectivity index is 2.85. The maximum atomic E-state index is 9.89. The van der Waals surface area contributed by atoms with Crippen molar-refractivity contribution in [2.24, 2.45) is 11.1 Å². The number of aliphatic hydroxyl groups excluding tert-OH is 1. The number of aromatic nitrogens is 2.